The quantitative estimate of drug-likeness (QED) is 0.708. The number of carbonyl (C=O) groups is 1. The Morgan fingerprint density at radius 2 is 1.87 bits per heavy atom. The van der Waals surface area contributed by atoms with Crippen LogP contribution >= 0.6 is 11.8 Å². The van der Waals surface area contributed by atoms with Crippen molar-refractivity contribution in [2.45, 2.75) is 30.3 Å². The minimum Gasteiger partial charge on any atom is -0.369 e. The molecule has 4 nitrogen and oxygen atoms in total. The number of thioether (sulfide) groups is 1. The molecule has 3 aromatic rings. The number of amides is 1. The highest BCUT2D eigenvalue weighted by Crippen LogP contribution is 2.27. The van der Waals surface area contributed by atoms with E-state index in [9.17, 15) is 4.79 Å². The van der Waals surface area contributed by atoms with Crippen LogP contribution in [0.4, 0.5) is 0 Å². The summed E-state index contributed by atoms with van der Waals surface area (Å²) in [6, 6.07) is 18.4. The van der Waals surface area contributed by atoms with Crippen molar-refractivity contribution in [3.63, 3.8) is 0 Å². The molecule has 1 aromatic heterocycles. The van der Waals surface area contributed by atoms with Crippen LogP contribution in [0.2, 0.25) is 0 Å². The Labute approximate surface area is 139 Å². The van der Waals surface area contributed by atoms with Crippen molar-refractivity contribution in [2.24, 2.45) is 5.73 Å². The number of fused-ring (bicyclic) bond motifs is 1. The van der Waals surface area contributed by atoms with Gasteiger partial charge in [0, 0.05) is 6.54 Å². The predicted molar refractivity (Wildman–Crippen MR) is 94.4 cm³/mol. The van der Waals surface area contributed by atoms with Crippen LogP contribution in [0.25, 0.3) is 11.0 Å². The number of carbonyl (C=O) groups excluding carboxylic acids is 1. The Hall–Kier alpha value is -2.27. The van der Waals surface area contributed by atoms with E-state index < -0.39 is 0 Å². The molecule has 0 radical (unpaired) electrons. The van der Waals surface area contributed by atoms with Gasteiger partial charge in [-0.15, -0.1) is 0 Å². The van der Waals surface area contributed by atoms with Crippen molar-refractivity contribution in [3.8, 4) is 0 Å². The van der Waals surface area contributed by atoms with E-state index in [2.05, 4.69) is 27.8 Å². The lowest BCUT2D eigenvalue weighted by Gasteiger charge is -2.11. The standard InChI is InChI=1S/C18H19N3OS/c1-13(17(19)22)23-18-20-15-9-5-6-10-16(15)21(18)12-11-14-7-3-2-4-8-14/h2-10,13H,11-12H2,1H3,(H2,19,22)/t13-/m0/s1. The first-order valence-corrected chi connectivity index (χ1v) is 8.48. The minimum atomic E-state index is -0.323. The van der Waals surface area contributed by atoms with Gasteiger partial charge in [0.15, 0.2) is 5.16 Å². The summed E-state index contributed by atoms with van der Waals surface area (Å²) in [6.07, 6.45) is 0.916. The van der Waals surface area contributed by atoms with Gasteiger partial charge >= 0.3 is 0 Å². The fourth-order valence-corrected chi connectivity index (χ4v) is 3.36. The Morgan fingerprint density at radius 3 is 2.61 bits per heavy atom. The third kappa shape index (κ3) is 3.56. The summed E-state index contributed by atoms with van der Waals surface area (Å²) in [5, 5.41) is 0.538. The number of aryl methyl sites for hydroxylation is 2. The molecule has 23 heavy (non-hydrogen) atoms. The maximum Gasteiger partial charge on any atom is 0.230 e. The van der Waals surface area contributed by atoms with Gasteiger partial charge in [-0.25, -0.2) is 4.98 Å². The molecule has 5 heteroatoms. The van der Waals surface area contributed by atoms with Crippen molar-refractivity contribution in [1.82, 2.24) is 9.55 Å². The van der Waals surface area contributed by atoms with Crippen molar-refractivity contribution in [3.05, 3.63) is 60.2 Å². The number of imidazole rings is 1. The predicted octanol–water partition coefficient (Wildman–Crippen LogP) is 3.24. The van der Waals surface area contributed by atoms with E-state index >= 15 is 0 Å². The molecule has 0 unspecified atom stereocenters. The van der Waals surface area contributed by atoms with Crippen molar-refractivity contribution >= 4 is 28.7 Å². The molecular formula is C18H19N3OS. The van der Waals surface area contributed by atoms with Gasteiger partial charge in [-0.1, -0.05) is 54.2 Å². The molecule has 0 aliphatic heterocycles. The van der Waals surface area contributed by atoms with Crippen molar-refractivity contribution in [1.29, 1.82) is 0 Å². The highest BCUT2D eigenvalue weighted by Gasteiger charge is 2.17. The van der Waals surface area contributed by atoms with Gasteiger partial charge in [0.25, 0.3) is 0 Å². The maximum absolute atomic E-state index is 11.4. The molecule has 0 saturated heterocycles. The molecule has 0 aliphatic carbocycles. The minimum absolute atomic E-state index is 0.303. The first-order valence-electron chi connectivity index (χ1n) is 7.60. The molecule has 1 atom stereocenters. The Bertz CT molecular complexity index is 814. The second-order valence-corrected chi connectivity index (χ2v) is 6.74. The summed E-state index contributed by atoms with van der Waals surface area (Å²) in [7, 11) is 0. The zero-order chi connectivity index (χ0) is 16.2. The molecule has 3 rings (SSSR count). The lowest BCUT2D eigenvalue weighted by Crippen LogP contribution is -2.23. The molecule has 2 N–H and O–H groups in total. The number of para-hydroxylation sites is 2. The Kier molecular flexibility index (Phi) is 4.67. The van der Waals surface area contributed by atoms with Crippen LogP contribution in [0.5, 0.6) is 0 Å². The van der Waals surface area contributed by atoms with Gasteiger partial charge < -0.3 is 10.3 Å². The van der Waals surface area contributed by atoms with E-state index in [1.54, 1.807) is 0 Å². The van der Waals surface area contributed by atoms with Crippen LogP contribution in [0.15, 0.2) is 59.8 Å². The highest BCUT2D eigenvalue weighted by molar-refractivity contribution is 8.00. The molecule has 118 valence electrons. The molecule has 0 saturated carbocycles. The van der Waals surface area contributed by atoms with E-state index in [-0.39, 0.29) is 11.2 Å². The molecule has 0 aliphatic rings. The summed E-state index contributed by atoms with van der Waals surface area (Å²) in [5.74, 6) is -0.323. The summed E-state index contributed by atoms with van der Waals surface area (Å²) in [5.41, 5.74) is 8.71. The highest BCUT2D eigenvalue weighted by atomic mass is 32.2. The number of benzene rings is 2. The van der Waals surface area contributed by atoms with Crippen LogP contribution in [-0.4, -0.2) is 20.7 Å². The largest absolute Gasteiger partial charge is 0.369 e. The molecule has 2 aromatic carbocycles. The molecule has 0 bridgehead atoms. The lowest BCUT2D eigenvalue weighted by atomic mass is 10.1. The molecular weight excluding hydrogens is 306 g/mol. The van der Waals surface area contributed by atoms with E-state index in [4.69, 9.17) is 5.73 Å². The summed E-state index contributed by atoms with van der Waals surface area (Å²) < 4.78 is 2.17. The second-order valence-electron chi connectivity index (χ2n) is 5.43. The molecule has 1 heterocycles. The fourth-order valence-electron chi connectivity index (χ4n) is 2.46. The third-order valence-corrected chi connectivity index (χ3v) is 4.88. The van der Waals surface area contributed by atoms with Gasteiger partial charge in [-0.2, -0.15) is 0 Å². The lowest BCUT2D eigenvalue weighted by molar-refractivity contribution is -0.117. The number of aromatic nitrogens is 2. The van der Waals surface area contributed by atoms with Gasteiger partial charge in [-0.3, -0.25) is 4.79 Å². The maximum atomic E-state index is 11.4. The smallest absolute Gasteiger partial charge is 0.230 e. The third-order valence-electron chi connectivity index (χ3n) is 3.77. The molecule has 0 spiro atoms. The number of nitrogens with zero attached hydrogens (tertiary/aromatic N) is 2. The van der Waals surface area contributed by atoms with Crippen LogP contribution in [0.3, 0.4) is 0 Å². The van der Waals surface area contributed by atoms with E-state index in [1.807, 2.05) is 43.3 Å². The van der Waals surface area contributed by atoms with Gasteiger partial charge in [0.2, 0.25) is 5.91 Å². The van der Waals surface area contributed by atoms with Gasteiger partial charge in [0.1, 0.15) is 0 Å². The van der Waals surface area contributed by atoms with E-state index in [0.29, 0.717) is 0 Å². The normalized spacial score (nSPS) is 12.4. The Balaban J connectivity index is 1.91. The number of primary amides is 1. The molecule has 1 amide bonds. The van der Waals surface area contributed by atoms with Crippen molar-refractivity contribution < 1.29 is 4.79 Å². The average molecular weight is 325 g/mol. The van der Waals surface area contributed by atoms with E-state index in [0.717, 1.165) is 29.2 Å². The number of rotatable bonds is 6. The SMILES string of the molecule is C[C@H](Sc1nc2ccccc2n1CCc1ccccc1)C(N)=O. The van der Waals surface area contributed by atoms with Crippen LogP contribution in [0.1, 0.15) is 12.5 Å². The van der Waals surface area contributed by atoms with E-state index in [1.165, 1.54) is 17.3 Å². The monoisotopic (exact) mass is 325 g/mol. The zero-order valence-corrected chi connectivity index (χ0v) is 13.8. The van der Waals surface area contributed by atoms with Crippen LogP contribution < -0.4 is 5.73 Å². The van der Waals surface area contributed by atoms with Crippen LogP contribution in [-0.2, 0) is 17.8 Å². The second kappa shape index (κ2) is 6.87. The fraction of sp³-hybridized carbons (Fsp3) is 0.222. The first-order chi connectivity index (χ1) is 11.1. The summed E-state index contributed by atoms with van der Waals surface area (Å²) >= 11 is 1.42. The van der Waals surface area contributed by atoms with Gasteiger partial charge in [0.05, 0.1) is 16.3 Å². The summed E-state index contributed by atoms with van der Waals surface area (Å²) in [6.45, 7) is 2.63. The number of hydrogen-bond acceptors (Lipinski definition) is 3. The zero-order valence-electron chi connectivity index (χ0n) is 13.0. The van der Waals surface area contributed by atoms with Crippen molar-refractivity contribution in [2.75, 3.05) is 0 Å². The molecule has 0 fully saturated rings. The number of hydrogen-bond donors (Lipinski definition) is 1. The average Bonchev–Trinajstić information content (AvgIpc) is 2.91. The Morgan fingerprint density at radius 1 is 1.17 bits per heavy atom. The van der Waals surface area contributed by atoms with Gasteiger partial charge in [-0.05, 0) is 31.0 Å². The summed E-state index contributed by atoms with van der Waals surface area (Å²) in [4.78, 5) is 16.0. The first kappa shape index (κ1) is 15.6. The van der Waals surface area contributed by atoms with Crippen LogP contribution in [0, 0.1) is 0 Å². The topological polar surface area (TPSA) is 60.9 Å². The number of nitrogens with two attached hydrogens (primary N) is 1.